The van der Waals surface area contributed by atoms with E-state index in [1.165, 1.54) is 0 Å². The van der Waals surface area contributed by atoms with Crippen molar-refractivity contribution in [3.8, 4) is 5.75 Å². The van der Waals surface area contributed by atoms with Crippen LogP contribution >= 0.6 is 0 Å². The van der Waals surface area contributed by atoms with Crippen molar-refractivity contribution in [1.29, 1.82) is 0 Å². The zero-order valence-corrected chi connectivity index (χ0v) is 15.2. The first kappa shape index (κ1) is 18.7. The Kier molecular flexibility index (Phi) is 6.61. The second kappa shape index (κ2) is 9.55. The molecule has 0 heterocycles. The van der Waals surface area contributed by atoms with E-state index in [0.717, 1.165) is 22.4 Å². The Hall–Kier alpha value is -3.11. The lowest BCUT2D eigenvalue weighted by Gasteiger charge is -2.10. The molecule has 3 aromatic rings. The Balaban J connectivity index is 1.46. The largest absolute Gasteiger partial charge is 0.489 e. The van der Waals surface area contributed by atoms with Crippen LogP contribution in [0, 0.1) is 0 Å². The molecule has 0 saturated carbocycles. The Morgan fingerprint density at radius 1 is 0.741 bits per heavy atom. The average molecular weight is 362 g/mol. The Morgan fingerprint density at radius 2 is 1.30 bits per heavy atom. The summed E-state index contributed by atoms with van der Waals surface area (Å²) in [7, 11) is 0. The zero-order valence-electron chi connectivity index (χ0n) is 15.2. The minimum absolute atomic E-state index is 0.276. The summed E-state index contributed by atoms with van der Waals surface area (Å²) in [6.45, 7) is 0.807. The number of hydrogen-bond acceptors (Lipinski definition) is 3. The lowest BCUT2D eigenvalue weighted by Crippen LogP contribution is -2.66. The van der Waals surface area contributed by atoms with Crippen molar-refractivity contribution < 1.29 is 20.0 Å². The molecule has 0 aliphatic heterocycles. The second-order valence-corrected chi connectivity index (χ2v) is 6.41. The summed E-state index contributed by atoms with van der Waals surface area (Å²) in [5.74, 6) is 0.512. The van der Waals surface area contributed by atoms with Crippen molar-refractivity contribution in [3.63, 3.8) is 0 Å². The number of carbonyl (C=O) groups excluding carboxylic acids is 1. The van der Waals surface area contributed by atoms with Crippen molar-refractivity contribution in [3.05, 3.63) is 102 Å². The average Bonchev–Trinajstić information content (AvgIpc) is 2.73. The molecular formula is C23H24NO3+. The lowest BCUT2D eigenvalue weighted by atomic mass is 10.1. The Bertz CT molecular complexity index is 833. The van der Waals surface area contributed by atoms with Crippen molar-refractivity contribution in [2.45, 2.75) is 25.7 Å². The Morgan fingerprint density at radius 3 is 1.89 bits per heavy atom. The molecular weight excluding hydrogens is 338 g/mol. The summed E-state index contributed by atoms with van der Waals surface area (Å²) in [6.07, 6.45) is 0.534. The third kappa shape index (κ3) is 5.97. The van der Waals surface area contributed by atoms with Crippen LogP contribution in [0.3, 0.4) is 0 Å². The number of rotatable bonds is 8. The van der Waals surface area contributed by atoms with Crippen LogP contribution in [-0.2, 0) is 29.2 Å². The van der Waals surface area contributed by atoms with Gasteiger partial charge in [-0.2, -0.15) is 0 Å². The first-order valence-electron chi connectivity index (χ1n) is 9.00. The molecule has 138 valence electrons. The van der Waals surface area contributed by atoms with Gasteiger partial charge >= 0.3 is 5.97 Å². The van der Waals surface area contributed by atoms with Crippen LogP contribution in [0.25, 0.3) is 0 Å². The zero-order chi connectivity index (χ0) is 18.9. The predicted molar refractivity (Wildman–Crippen MR) is 104 cm³/mol. The smallest absolute Gasteiger partial charge is 0.365 e. The first-order valence-corrected chi connectivity index (χ1v) is 9.00. The molecule has 0 amide bonds. The topological polar surface area (TPSA) is 63.2 Å². The molecule has 4 nitrogen and oxygen atoms in total. The van der Waals surface area contributed by atoms with E-state index in [9.17, 15) is 4.79 Å². The molecule has 27 heavy (non-hydrogen) atoms. The predicted octanol–water partition coefficient (Wildman–Crippen LogP) is 3.16. The quantitative estimate of drug-likeness (QED) is 0.626. The van der Waals surface area contributed by atoms with Gasteiger partial charge in [0.05, 0.1) is 0 Å². The maximum Gasteiger partial charge on any atom is 0.365 e. The minimum Gasteiger partial charge on any atom is -0.489 e. The van der Waals surface area contributed by atoms with Crippen LogP contribution in [0.15, 0.2) is 84.9 Å². The van der Waals surface area contributed by atoms with E-state index >= 15 is 0 Å². The first-order chi connectivity index (χ1) is 13.2. The number of carbonyl (C=O) groups is 1. The van der Waals surface area contributed by atoms with Gasteiger partial charge in [-0.25, -0.2) is 4.79 Å². The van der Waals surface area contributed by atoms with Crippen LogP contribution in [0.2, 0.25) is 0 Å². The third-order valence-corrected chi connectivity index (χ3v) is 4.21. The van der Waals surface area contributed by atoms with E-state index < -0.39 is 6.04 Å². The van der Waals surface area contributed by atoms with Crippen LogP contribution in [0.4, 0.5) is 0 Å². The highest BCUT2D eigenvalue weighted by molar-refractivity contribution is 5.74. The summed E-state index contributed by atoms with van der Waals surface area (Å²) < 4.78 is 11.1. The van der Waals surface area contributed by atoms with Crippen molar-refractivity contribution in [2.75, 3.05) is 0 Å². The molecule has 3 aromatic carbocycles. The van der Waals surface area contributed by atoms with Gasteiger partial charge in [0, 0.05) is 6.42 Å². The van der Waals surface area contributed by atoms with Gasteiger partial charge in [-0.05, 0) is 28.8 Å². The van der Waals surface area contributed by atoms with Gasteiger partial charge in [-0.15, -0.1) is 0 Å². The highest BCUT2D eigenvalue weighted by atomic mass is 16.5. The number of benzene rings is 3. The fourth-order valence-corrected chi connectivity index (χ4v) is 2.68. The van der Waals surface area contributed by atoms with E-state index in [1.54, 1.807) is 0 Å². The summed E-state index contributed by atoms with van der Waals surface area (Å²) in [5.41, 5.74) is 7.06. The standard InChI is InChI=1S/C23H23NO3/c24-22(23(25)27-17-20-9-5-2-6-10-20)15-18-11-13-21(14-12-18)26-16-19-7-3-1-4-8-19/h1-14,22H,15-17,24H2/p+1/t22-/m0/s1. The normalized spacial score (nSPS) is 11.6. The van der Waals surface area contributed by atoms with Crippen molar-refractivity contribution in [1.82, 2.24) is 0 Å². The van der Waals surface area contributed by atoms with Crippen LogP contribution in [-0.4, -0.2) is 12.0 Å². The lowest BCUT2D eigenvalue weighted by molar-refractivity contribution is -0.408. The molecule has 0 saturated heterocycles. The molecule has 0 radical (unpaired) electrons. The molecule has 0 aliphatic carbocycles. The maximum atomic E-state index is 12.1. The number of ether oxygens (including phenoxy) is 2. The highest BCUT2D eigenvalue weighted by Gasteiger charge is 2.19. The van der Waals surface area contributed by atoms with Crippen LogP contribution in [0.1, 0.15) is 16.7 Å². The molecule has 0 unspecified atom stereocenters. The molecule has 4 heteroatoms. The van der Waals surface area contributed by atoms with Gasteiger partial charge in [-0.3, -0.25) is 0 Å². The summed E-state index contributed by atoms with van der Waals surface area (Å²) in [4.78, 5) is 12.1. The molecule has 0 bridgehead atoms. The van der Waals surface area contributed by atoms with Crippen LogP contribution < -0.4 is 10.5 Å². The fourth-order valence-electron chi connectivity index (χ4n) is 2.68. The van der Waals surface area contributed by atoms with Gasteiger partial charge in [0.2, 0.25) is 0 Å². The van der Waals surface area contributed by atoms with E-state index in [-0.39, 0.29) is 12.6 Å². The maximum absolute atomic E-state index is 12.1. The Labute approximate surface area is 159 Å². The van der Waals surface area contributed by atoms with Crippen molar-refractivity contribution in [2.24, 2.45) is 0 Å². The molecule has 3 N–H and O–H groups in total. The molecule has 0 spiro atoms. The number of esters is 1. The van der Waals surface area contributed by atoms with Gasteiger partial charge in [0.1, 0.15) is 19.0 Å². The number of quaternary nitrogens is 1. The van der Waals surface area contributed by atoms with E-state index in [2.05, 4.69) is 5.73 Å². The van der Waals surface area contributed by atoms with Crippen molar-refractivity contribution >= 4 is 5.97 Å². The van der Waals surface area contributed by atoms with Gasteiger partial charge in [0.25, 0.3) is 0 Å². The number of hydrogen-bond donors (Lipinski definition) is 1. The summed E-state index contributed by atoms with van der Waals surface area (Å²) >= 11 is 0. The monoisotopic (exact) mass is 362 g/mol. The van der Waals surface area contributed by atoms with E-state index in [4.69, 9.17) is 9.47 Å². The highest BCUT2D eigenvalue weighted by Crippen LogP contribution is 2.15. The second-order valence-electron chi connectivity index (χ2n) is 6.41. The summed E-state index contributed by atoms with van der Waals surface area (Å²) in [6, 6.07) is 27.0. The summed E-state index contributed by atoms with van der Waals surface area (Å²) in [5, 5.41) is 0. The van der Waals surface area contributed by atoms with Gasteiger partial charge in [-0.1, -0.05) is 72.8 Å². The van der Waals surface area contributed by atoms with E-state index in [0.29, 0.717) is 13.0 Å². The van der Waals surface area contributed by atoms with Crippen LogP contribution in [0.5, 0.6) is 5.75 Å². The molecule has 0 aliphatic rings. The minimum atomic E-state index is -0.440. The molecule has 0 fully saturated rings. The molecule has 0 aromatic heterocycles. The van der Waals surface area contributed by atoms with Gasteiger partial charge in [0.15, 0.2) is 6.04 Å². The van der Waals surface area contributed by atoms with E-state index in [1.807, 2.05) is 84.9 Å². The molecule has 3 rings (SSSR count). The fraction of sp³-hybridized carbons (Fsp3) is 0.174. The SMILES string of the molecule is [NH3+][C@@H](Cc1ccc(OCc2ccccc2)cc1)C(=O)OCc1ccccc1. The van der Waals surface area contributed by atoms with Gasteiger partial charge < -0.3 is 15.2 Å². The molecule has 1 atom stereocenters. The third-order valence-electron chi connectivity index (χ3n) is 4.21.